The van der Waals surface area contributed by atoms with Crippen LogP contribution in [-0.4, -0.2) is 18.4 Å². The zero-order chi connectivity index (χ0) is 17.6. The van der Waals surface area contributed by atoms with Crippen LogP contribution >= 0.6 is 15.9 Å². The molecule has 4 rings (SSSR count). The maximum atomic E-state index is 12.8. The summed E-state index contributed by atoms with van der Waals surface area (Å²) >= 11 is 3.47. The summed E-state index contributed by atoms with van der Waals surface area (Å²) in [4.78, 5) is 14.5. The zero-order valence-corrected chi connectivity index (χ0v) is 15.7. The molecule has 1 N–H and O–H groups in total. The fourth-order valence-electron chi connectivity index (χ4n) is 3.64. The van der Waals surface area contributed by atoms with Gasteiger partial charge in [-0.05, 0) is 38.1 Å². The largest absolute Gasteiger partial charge is 0.490 e. The third-order valence-electron chi connectivity index (χ3n) is 4.63. The summed E-state index contributed by atoms with van der Waals surface area (Å²) in [7, 11) is 0. The van der Waals surface area contributed by atoms with E-state index in [-0.39, 0.29) is 12.1 Å². The van der Waals surface area contributed by atoms with Gasteiger partial charge in [0.25, 0.3) is 0 Å². The number of hydrogen-bond acceptors (Lipinski definition) is 3. The van der Waals surface area contributed by atoms with Gasteiger partial charge in [0.05, 0.1) is 18.3 Å². The quantitative estimate of drug-likeness (QED) is 0.814. The van der Waals surface area contributed by atoms with Crippen LogP contribution in [0.25, 0.3) is 0 Å². The summed E-state index contributed by atoms with van der Waals surface area (Å²) in [5.41, 5.74) is 0.962. The maximum absolute atomic E-state index is 12.8. The first-order chi connectivity index (χ1) is 12.0. The molecule has 2 unspecified atom stereocenters. The fourth-order valence-corrected chi connectivity index (χ4v) is 4.02. The molecule has 1 saturated heterocycles. The first-order valence-corrected chi connectivity index (χ1v) is 9.12. The number of carbonyl (C=O) groups excluding carboxylic acids is 1. The third-order valence-corrected chi connectivity index (χ3v) is 5.12. The Kier molecular flexibility index (Phi) is 3.87. The van der Waals surface area contributed by atoms with Crippen LogP contribution in [0.15, 0.2) is 46.9 Å². The van der Waals surface area contributed by atoms with Crippen LogP contribution < -0.4 is 19.7 Å². The Morgan fingerprint density at radius 1 is 1.36 bits per heavy atom. The summed E-state index contributed by atoms with van der Waals surface area (Å²) in [6.45, 7) is 4.45. The number of benzene rings is 2. The molecule has 0 radical (unpaired) electrons. The predicted molar refractivity (Wildman–Crippen MR) is 99.2 cm³/mol. The monoisotopic (exact) mass is 402 g/mol. The number of rotatable bonds is 3. The molecule has 25 heavy (non-hydrogen) atoms. The molecule has 2 aliphatic rings. The molecule has 5 nitrogen and oxygen atoms in total. The first-order valence-electron chi connectivity index (χ1n) is 8.33. The zero-order valence-electron chi connectivity index (χ0n) is 14.1. The van der Waals surface area contributed by atoms with Crippen molar-refractivity contribution in [3.63, 3.8) is 0 Å². The van der Waals surface area contributed by atoms with Crippen molar-refractivity contribution in [2.45, 2.75) is 32.0 Å². The molecular weight excluding hydrogens is 384 g/mol. The minimum atomic E-state index is -0.784. The van der Waals surface area contributed by atoms with Gasteiger partial charge in [-0.1, -0.05) is 34.1 Å². The highest BCUT2D eigenvalue weighted by Gasteiger charge is 2.50. The van der Waals surface area contributed by atoms with Crippen molar-refractivity contribution in [2.75, 3.05) is 11.5 Å². The lowest BCUT2D eigenvalue weighted by atomic mass is 9.90. The van der Waals surface area contributed by atoms with Crippen molar-refractivity contribution in [3.8, 4) is 11.5 Å². The minimum Gasteiger partial charge on any atom is -0.490 e. The minimum absolute atomic E-state index is 0.0925. The second-order valence-corrected chi connectivity index (χ2v) is 7.32. The van der Waals surface area contributed by atoms with Crippen molar-refractivity contribution >= 4 is 27.6 Å². The summed E-state index contributed by atoms with van der Waals surface area (Å²) in [5, 5.41) is 3.10. The molecule has 0 aromatic heterocycles. The van der Waals surface area contributed by atoms with Crippen molar-refractivity contribution in [2.24, 2.45) is 0 Å². The number of hydrogen-bond donors (Lipinski definition) is 1. The van der Waals surface area contributed by atoms with Crippen LogP contribution in [0.3, 0.4) is 0 Å². The van der Waals surface area contributed by atoms with E-state index in [0.717, 1.165) is 15.7 Å². The van der Waals surface area contributed by atoms with Gasteiger partial charge in [-0.15, -0.1) is 0 Å². The lowest BCUT2D eigenvalue weighted by Gasteiger charge is -2.50. The lowest BCUT2D eigenvalue weighted by Crippen LogP contribution is -2.65. The van der Waals surface area contributed by atoms with Gasteiger partial charge < -0.3 is 14.8 Å². The lowest BCUT2D eigenvalue weighted by molar-refractivity contribution is 0.0343. The average molecular weight is 403 g/mol. The summed E-state index contributed by atoms with van der Waals surface area (Å²) in [6.07, 6.45) is 0.661. The number of amides is 2. The van der Waals surface area contributed by atoms with E-state index < -0.39 is 5.72 Å². The van der Waals surface area contributed by atoms with E-state index in [9.17, 15) is 4.79 Å². The van der Waals surface area contributed by atoms with Gasteiger partial charge in [0.2, 0.25) is 0 Å². The Bertz CT molecular complexity index is 841. The van der Waals surface area contributed by atoms with Crippen molar-refractivity contribution in [1.29, 1.82) is 0 Å². The molecule has 2 amide bonds. The van der Waals surface area contributed by atoms with Gasteiger partial charge in [-0.25, -0.2) is 4.79 Å². The number of fused-ring (bicyclic) bond motifs is 4. The number of urea groups is 1. The maximum Gasteiger partial charge on any atom is 0.325 e. The van der Waals surface area contributed by atoms with Crippen molar-refractivity contribution in [1.82, 2.24) is 5.32 Å². The Labute approximate surface area is 155 Å². The number of nitrogens with one attached hydrogen (secondary N) is 1. The SMILES string of the molecule is CCOc1cccc2c1OC1(C)CC2NC(=O)N1c1cccc(Br)c1. The molecule has 2 aromatic carbocycles. The molecular formula is C19H19BrN2O3. The molecule has 1 fully saturated rings. The van der Waals surface area contributed by atoms with Gasteiger partial charge in [0.15, 0.2) is 17.2 Å². The van der Waals surface area contributed by atoms with E-state index in [2.05, 4.69) is 21.2 Å². The standard InChI is InChI=1S/C19H19BrN2O3/c1-3-24-16-9-5-8-14-15-11-19(2,25-17(14)16)22(18(23)21-15)13-7-4-6-12(20)10-13/h4-10,15H,3,11H2,1-2H3,(H,21,23). The van der Waals surface area contributed by atoms with Crippen LogP contribution in [0.4, 0.5) is 10.5 Å². The molecule has 130 valence electrons. The molecule has 2 aromatic rings. The van der Waals surface area contributed by atoms with E-state index >= 15 is 0 Å². The van der Waals surface area contributed by atoms with Gasteiger partial charge in [0.1, 0.15) is 0 Å². The number of carbonyl (C=O) groups is 1. The molecule has 2 bridgehead atoms. The third kappa shape index (κ3) is 2.65. The topological polar surface area (TPSA) is 50.8 Å². The molecule has 2 aliphatic heterocycles. The Hall–Kier alpha value is -2.21. The molecule has 0 aliphatic carbocycles. The smallest absolute Gasteiger partial charge is 0.325 e. The molecule has 6 heteroatoms. The van der Waals surface area contributed by atoms with E-state index in [1.807, 2.05) is 56.3 Å². The van der Waals surface area contributed by atoms with Crippen LogP contribution in [0.5, 0.6) is 11.5 Å². The highest BCUT2D eigenvalue weighted by molar-refractivity contribution is 9.10. The second kappa shape index (κ2) is 5.95. The van der Waals surface area contributed by atoms with Crippen LogP contribution in [0, 0.1) is 0 Å². The highest BCUT2D eigenvalue weighted by atomic mass is 79.9. The Morgan fingerprint density at radius 3 is 2.92 bits per heavy atom. The summed E-state index contributed by atoms with van der Waals surface area (Å²) < 4.78 is 13.0. The molecule has 2 heterocycles. The Balaban J connectivity index is 1.81. The normalized spacial score (nSPS) is 24.2. The van der Waals surface area contributed by atoms with Gasteiger partial charge in [-0.3, -0.25) is 4.90 Å². The number of para-hydroxylation sites is 1. The number of halogens is 1. The van der Waals surface area contributed by atoms with E-state index in [1.54, 1.807) is 4.90 Å². The van der Waals surface area contributed by atoms with Gasteiger partial charge in [-0.2, -0.15) is 0 Å². The van der Waals surface area contributed by atoms with Crippen molar-refractivity contribution < 1.29 is 14.3 Å². The number of nitrogens with zero attached hydrogens (tertiary/aromatic N) is 1. The second-order valence-electron chi connectivity index (χ2n) is 6.41. The summed E-state index contributed by atoms with van der Waals surface area (Å²) in [6, 6.07) is 13.2. The van der Waals surface area contributed by atoms with Gasteiger partial charge >= 0.3 is 6.03 Å². The predicted octanol–water partition coefficient (Wildman–Crippen LogP) is 4.62. The van der Waals surface area contributed by atoms with Gasteiger partial charge in [0, 0.05) is 16.5 Å². The first kappa shape index (κ1) is 16.3. The molecule has 2 atom stereocenters. The van der Waals surface area contributed by atoms with Crippen molar-refractivity contribution in [3.05, 3.63) is 52.5 Å². The van der Waals surface area contributed by atoms with Crippen LogP contribution in [-0.2, 0) is 0 Å². The van der Waals surface area contributed by atoms with E-state index in [4.69, 9.17) is 9.47 Å². The number of ether oxygens (including phenoxy) is 2. The van der Waals surface area contributed by atoms with Crippen LogP contribution in [0.2, 0.25) is 0 Å². The number of anilines is 1. The average Bonchev–Trinajstić information content (AvgIpc) is 2.55. The molecule has 0 spiro atoms. The highest BCUT2D eigenvalue weighted by Crippen LogP contribution is 2.49. The Morgan fingerprint density at radius 2 is 2.16 bits per heavy atom. The molecule has 0 saturated carbocycles. The fraction of sp³-hybridized carbons (Fsp3) is 0.316. The van der Waals surface area contributed by atoms with Crippen LogP contribution in [0.1, 0.15) is 31.9 Å². The van der Waals surface area contributed by atoms with E-state index in [1.165, 1.54) is 0 Å². The summed E-state index contributed by atoms with van der Waals surface area (Å²) in [5.74, 6) is 1.42. The van der Waals surface area contributed by atoms with E-state index in [0.29, 0.717) is 24.5 Å².